The van der Waals surface area contributed by atoms with Gasteiger partial charge < -0.3 is 24.8 Å². The van der Waals surface area contributed by atoms with E-state index in [9.17, 15) is 39.7 Å². The summed E-state index contributed by atoms with van der Waals surface area (Å²) >= 11 is 1.14. The van der Waals surface area contributed by atoms with Crippen LogP contribution in [0.1, 0.15) is 37.3 Å². The minimum Gasteiger partial charge on any atom is -0.445 e. The number of nitrogens with one attached hydrogen (secondary N) is 1. The van der Waals surface area contributed by atoms with Crippen molar-refractivity contribution >= 4 is 40.4 Å². The predicted octanol–water partition coefficient (Wildman–Crippen LogP) is 4.18. The van der Waals surface area contributed by atoms with Crippen molar-refractivity contribution in [2.75, 3.05) is 19.7 Å². The van der Waals surface area contributed by atoms with Crippen LogP contribution in [0.15, 0.2) is 48.5 Å². The molecular weight excluding hydrogens is 572 g/mol. The van der Waals surface area contributed by atoms with Gasteiger partial charge in [-0.2, -0.15) is 0 Å². The summed E-state index contributed by atoms with van der Waals surface area (Å²) in [6.07, 6.45) is -0.0585. The third-order valence-electron chi connectivity index (χ3n) is 6.73. The molecule has 1 aliphatic rings. The number of rotatable bonds is 13. The number of non-ortho nitro benzene ring substituents is 2. The summed E-state index contributed by atoms with van der Waals surface area (Å²) in [5.74, 6) is -0.227. The van der Waals surface area contributed by atoms with E-state index in [0.29, 0.717) is 30.4 Å². The maximum atomic E-state index is 13.1. The lowest BCUT2D eigenvalue weighted by molar-refractivity contribution is -0.385. The van der Waals surface area contributed by atoms with Crippen molar-refractivity contribution in [3.8, 4) is 0 Å². The fourth-order valence-electron chi connectivity index (χ4n) is 4.71. The number of carbonyl (C=O) groups excluding carboxylic acids is 3. The van der Waals surface area contributed by atoms with Crippen LogP contribution in [0.4, 0.5) is 21.0 Å². The number of nitro groups is 2. The lowest BCUT2D eigenvalue weighted by Crippen LogP contribution is -2.42. The van der Waals surface area contributed by atoms with Crippen molar-refractivity contribution in [2.45, 2.75) is 50.7 Å². The average molecular weight is 605 g/mol. The summed E-state index contributed by atoms with van der Waals surface area (Å²) in [6, 6.07) is 10.9. The molecule has 2 aromatic carbocycles. The molecule has 2 aromatic rings. The number of aliphatic hydroxyl groups is 1. The number of aliphatic hydroxyl groups excluding tert-OH is 1. The highest BCUT2D eigenvalue weighted by Gasteiger charge is 2.41. The highest BCUT2D eigenvalue weighted by molar-refractivity contribution is 8.14. The molecule has 2 N–H and O–H groups in total. The maximum Gasteiger partial charge on any atom is 0.410 e. The zero-order chi connectivity index (χ0) is 30.6. The molecule has 226 valence electrons. The number of nitrogens with zero attached hydrogens (tertiary/aromatic N) is 3. The van der Waals surface area contributed by atoms with E-state index in [0.717, 1.165) is 11.8 Å². The summed E-state index contributed by atoms with van der Waals surface area (Å²) in [4.78, 5) is 59.2. The highest BCUT2D eigenvalue weighted by Crippen LogP contribution is 2.35. The molecule has 3 rings (SSSR count). The largest absolute Gasteiger partial charge is 0.445 e. The Morgan fingerprint density at radius 2 is 1.52 bits per heavy atom. The molecule has 1 fully saturated rings. The number of nitro benzene ring substituents is 2. The molecule has 15 heteroatoms. The Kier molecular flexibility index (Phi) is 12.0. The van der Waals surface area contributed by atoms with Crippen molar-refractivity contribution in [3.63, 3.8) is 0 Å². The molecule has 0 bridgehead atoms. The Labute approximate surface area is 245 Å². The number of hydrogen-bond donors (Lipinski definition) is 2. The lowest BCUT2D eigenvalue weighted by Gasteiger charge is -2.31. The first-order valence-electron chi connectivity index (χ1n) is 13.2. The van der Waals surface area contributed by atoms with Gasteiger partial charge in [0.2, 0.25) is 0 Å². The van der Waals surface area contributed by atoms with Gasteiger partial charge in [-0.1, -0.05) is 11.8 Å². The Morgan fingerprint density at radius 3 is 2.02 bits per heavy atom. The molecule has 42 heavy (non-hydrogen) atoms. The quantitative estimate of drug-likeness (QED) is 0.246. The molecule has 0 radical (unpaired) electrons. The van der Waals surface area contributed by atoms with E-state index in [-0.39, 0.29) is 66.6 Å². The fourth-order valence-corrected chi connectivity index (χ4v) is 5.71. The van der Waals surface area contributed by atoms with Crippen molar-refractivity contribution in [3.05, 3.63) is 79.9 Å². The van der Waals surface area contributed by atoms with Crippen molar-refractivity contribution in [1.82, 2.24) is 10.2 Å². The lowest BCUT2D eigenvalue weighted by atomic mass is 9.91. The second-order valence-corrected chi connectivity index (χ2v) is 11.1. The molecule has 14 nitrogen and oxygen atoms in total. The third-order valence-corrected chi connectivity index (χ3v) is 7.73. The standard InChI is InChI=1S/C27H32N4O10S/c1-18(33)42-24-14-25(29(15-24)27(35)41-17-20-4-8-23(9-5-20)31(38)39)21(11-13-32)10-12-28-26(34)40-16-19-2-6-22(7-3-19)30(36)37/h2-9,21,24-25,32H,10-17H2,1H3,(H,28,34)/t21?,24-,25-/m0/s1. The van der Waals surface area contributed by atoms with Crippen molar-refractivity contribution in [2.24, 2.45) is 5.92 Å². The van der Waals surface area contributed by atoms with E-state index in [1.54, 1.807) is 4.90 Å². The zero-order valence-electron chi connectivity index (χ0n) is 22.9. The number of carbonyl (C=O) groups is 3. The molecule has 1 saturated heterocycles. The van der Waals surface area contributed by atoms with Gasteiger partial charge in [0.1, 0.15) is 13.2 Å². The molecule has 3 atom stereocenters. The molecular formula is C27H32N4O10S. The van der Waals surface area contributed by atoms with Gasteiger partial charge in [0, 0.05) is 62.2 Å². The number of ether oxygens (including phenoxy) is 2. The Morgan fingerprint density at radius 1 is 0.976 bits per heavy atom. The number of alkyl carbamates (subject to hydrolysis) is 1. The summed E-state index contributed by atoms with van der Waals surface area (Å²) in [5.41, 5.74) is 1.00. The van der Waals surface area contributed by atoms with E-state index in [1.165, 1.54) is 55.5 Å². The van der Waals surface area contributed by atoms with Gasteiger partial charge in [-0.3, -0.25) is 25.0 Å². The van der Waals surface area contributed by atoms with E-state index in [4.69, 9.17) is 9.47 Å². The second-order valence-electron chi connectivity index (χ2n) is 9.65. The number of hydrogen-bond acceptors (Lipinski definition) is 11. The summed E-state index contributed by atoms with van der Waals surface area (Å²) < 4.78 is 10.7. The summed E-state index contributed by atoms with van der Waals surface area (Å²) in [7, 11) is 0. The Balaban J connectivity index is 1.57. The van der Waals surface area contributed by atoms with Crippen molar-refractivity contribution < 1.29 is 38.8 Å². The van der Waals surface area contributed by atoms with Crippen LogP contribution in [0.3, 0.4) is 0 Å². The number of thioether (sulfide) groups is 1. The van der Waals surface area contributed by atoms with Crippen molar-refractivity contribution in [1.29, 1.82) is 0 Å². The molecule has 2 amide bonds. The van der Waals surface area contributed by atoms with Crippen LogP contribution < -0.4 is 5.32 Å². The van der Waals surface area contributed by atoms with Crippen LogP contribution >= 0.6 is 11.8 Å². The van der Waals surface area contributed by atoms with Crippen LogP contribution in [0.2, 0.25) is 0 Å². The monoisotopic (exact) mass is 604 g/mol. The van der Waals surface area contributed by atoms with Gasteiger partial charge in [0.25, 0.3) is 11.4 Å². The summed E-state index contributed by atoms with van der Waals surface area (Å²) in [6.45, 7) is 1.58. The van der Waals surface area contributed by atoms with Gasteiger partial charge in [0.15, 0.2) is 5.12 Å². The molecule has 1 heterocycles. The van der Waals surface area contributed by atoms with Crippen LogP contribution in [-0.4, -0.2) is 68.1 Å². The van der Waals surface area contributed by atoms with Gasteiger partial charge in [-0.15, -0.1) is 0 Å². The first-order chi connectivity index (χ1) is 20.1. The topological polar surface area (TPSA) is 191 Å². The molecule has 0 spiro atoms. The number of amides is 2. The molecule has 0 saturated carbocycles. The molecule has 1 unspecified atom stereocenters. The normalized spacial score (nSPS) is 16.9. The predicted molar refractivity (Wildman–Crippen MR) is 152 cm³/mol. The van der Waals surface area contributed by atoms with E-state index < -0.39 is 22.0 Å². The van der Waals surface area contributed by atoms with Crippen LogP contribution in [0.25, 0.3) is 0 Å². The number of likely N-dealkylation sites (tertiary alicyclic amines) is 1. The zero-order valence-corrected chi connectivity index (χ0v) is 23.7. The SMILES string of the molecule is CC(=O)S[C@H]1C[C@@H](C(CCO)CCNC(=O)OCc2ccc([N+](=O)[O-])cc2)N(C(=O)OCc2ccc([N+](=O)[O-])cc2)C1. The van der Waals surface area contributed by atoms with Gasteiger partial charge in [-0.05, 0) is 60.6 Å². The van der Waals surface area contributed by atoms with E-state index in [1.807, 2.05) is 0 Å². The minimum absolute atomic E-state index is 0.0711. The van der Waals surface area contributed by atoms with Gasteiger partial charge in [-0.25, -0.2) is 9.59 Å². The molecule has 0 aromatic heterocycles. The highest BCUT2D eigenvalue weighted by atomic mass is 32.2. The van der Waals surface area contributed by atoms with Crippen LogP contribution in [-0.2, 0) is 27.5 Å². The van der Waals surface area contributed by atoms with Gasteiger partial charge >= 0.3 is 12.2 Å². The summed E-state index contributed by atoms with van der Waals surface area (Å²) in [5, 5.41) is 33.8. The third kappa shape index (κ3) is 9.69. The fraction of sp³-hybridized carbons (Fsp3) is 0.444. The van der Waals surface area contributed by atoms with Crippen LogP contribution in [0, 0.1) is 26.1 Å². The van der Waals surface area contributed by atoms with Gasteiger partial charge in [0.05, 0.1) is 9.85 Å². The molecule has 0 aliphatic carbocycles. The smallest absolute Gasteiger partial charge is 0.410 e. The van der Waals surface area contributed by atoms with Crippen LogP contribution in [0.5, 0.6) is 0 Å². The van der Waals surface area contributed by atoms with E-state index in [2.05, 4.69) is 5.32 Å². The maximum absolute atomic E-state index is 13.1. The Hall–Kier alpha value is -4.24. The van der Waals surface area contributed by atoms with E-state index >= 15 is 0 Å². The number of benzene rings is 2. The first kappa shape index (κ1) is 32.3. The first-order valence-corrected chi connectivity index (χ1v) is 14.0. The molecule has 1 aliphatic heterocycles. The minimum atomic E-state index is -0.688. The average Bonchev–Trinajstić information content (AvgIpc) is 3.37. The second kappa shape index (κ2) is 15.7. The Bertz CT molecular complexity index is 1260.